The van der Waals surface area contributed by atoms with Crippen molar-refractivity contribution in [3.8, 4) is 0 Å². The Labute approximate surface area is 102 Å². The Morgan fingerprint density at radius 1 is 0.688 bits per heavy atom. The summed E-state index contributed by atoms with van der Waals surface area (Å²) in [6.07, 6.45) is 0. The second kappa shape index (κ2) is 3.19. The Hall–Kier alpha value is -1.12. The summed E-state index contributed by atoms with van der Waals surface area (Å²) in [5.74, 6) is 0. The van der Waals surface area contributed by atoms with E-state index in [1.54, 1.807) is 0 Å². The van der Waals surface area contributed by atoms with Gasteiger partial charge in [0.2, 0.25) is 0 Å². The van der Waals surface area contributed by atoms with Crippen LogP contribution in [0.3, 0.4) is 0 Å². The summed E-state index contributed by atoms with van der Waals surface area (Å²) in [4.78, 5) is 2.86. The molecule has 2 aromatic rings. The van der Waals surface area contributed by atoms with E-state index in [0.29, 0.717) is 0 Å². The van der Waals surface area contributed by atoms with Crippen molar-refractivity contribution < 1.29 is 0 Å². The molecule has 0 bridgehead atoms. The fraction of sp³-hybridized carbons (Fsp3) is 0. The van der Waals surface area contributed by atoms with Crippen LogP contribution in [0.5, 0.6) is 0 Å². The monoisotopic (exact) mass is 240 g/mol. The Morgan fingerprint density at radius 3 is 1.81 bits per heavy atom. The summed E-state index contributed by atoms with van der Waals surface area (Å²) in [6.45, 7) is 0. The zero-order chi connectivity index (χ0) is 10.5. The number of thioether (sulfide) groups is 2. The highest BCUT2D eigenvalue weighted by atomic mass is 32.2. The van der Waals surface area contributed by atoms with Crippen molar-refractivity contribution in [3.05, 3.63) is 58.3 Å². The molecule has 0 N–H and O–H groups in total. The molecular weight excluding hydrogens is 232 g/mol. The largest absolute Gasteiger partial charge is 0.0957 e. The molecule has 16 heavy (non-hydrogen) atoms. The number of hydrogen-bond acceptors (Lipinski definition) is 2. The van der Waals surface area contributed by atoms with Crippen LogP contribution < -0.4 is 0 Å². The van der Waals surface area contributed by atoms with E-state index in [4.69, 9.17) is 0 Å². The normalized spacial score (nSPS) is 17.0. The van der Waals surface area contributed by atoms with E-state index in [0.717, 1.165) is 0 Å². The summed E-state index contributed by atoms with van der Waals surface area (Å²) >= 11 is 3.68. The van der Waals surface area contributed by atoms with Gasteiger partial charge >= 0.3 is 0 Å². The molecule has 2 heteroatoms. The van der Waals surface area contributed by atoms with Crippen LogP contribution in [0.1, 0.15) is 11.1 Å². The van der Waals surface area contributed by atoms with Gasteiger partial charge in [0.1, 0.15) is 0 Å². The van der Waals surface area contributed by atoms with Crippen molar-refractivity contribution in [2.24, 2.45) is 0 Å². The van der Waals surface area contributed by atoms with Gasteiger partial charge in [-0.1, -0.05) is 59.9 Å². The zero-order valence-corrected chi connectivity index (χ0v) is 10.1. The van der Waals surface area contributed by atoms with Crippen molar-refractivity contribution in [3.63, 3.8) is 0 Å². The molecule has 0 fully saturated rings. The molecule has 0 spiro atoms. The Morgan fingerprint density at radius 2 is 1.25 bits per heavy atom. The first-order valence-corrected chi connectivity index (χ1v) is 6.96. The average Bonchev–Trinajstić information content (AvgIpc) is 2.68. The predicted molar refractivity (Wildman–Crippen MR) is 75.1 cm³/mol. The second-order valence-corrected chi connectivity index (χ2v) is 5.71. The first kappa shape index (κ1) is 8.97. The highest BCUT2D eigenvalue weighted by molar-refractivity contribution is 8.19. The van der Waals surface area contributed by atoms with Crippen LogP contribution in [0.25, 0.3) is 20.6 Å². The molecule has 1 heterocycles. The van der Waals surface area contributed by atoms with Gasteiger partial charge in [-0.25, -0.2) is 0 Å². The van der Waals surface area contributed by atoms with Crippen molar-refractivity contribution in [2.45, 2.75) is 0 Å². The average molecular weight is 240 g/mol. The molecule has 1 aliphatic heterocycles. The lowest BCUT2D eigenvalue weighted by molar-refractivity contribution is 1.72. The van der Waals surface area contributed by atoms with E-state index in [9.17, 15) is 0 Å². The van der Waals surface area contributed by atoms with Crippen LogP contribution in [-0.2, 0) is 0 Å². The number of hydrogen-bond donors (Lipinski definition) is 0. The molecule has 0 nitrogen and oxygen atoms in total. The molecule has 0 unspecified atom stereocenters. The van der Waals surface area contributed by atoms with Crippen LogP contribution in [-0.4, -0.2) is 0 Å². The van der Waals surface area contributed by atoms with Gasteiger partial charge in [0.05, 0.1) is 0 Å². The fourth-order valence-corrected chi connectivity index (χ4v) is 4.42. The maximum atomic E-state index is 2.24. The van der Waals surface area contributed by atoms with Crippen LogP contribution in [0.2, 0.25) is 0 Å². The number of benzene rings is 2. The summed E-state index contributed by atoms with van der Waals surface area (Å²) in [7, 11) is 0. The summed E-state index contributed by atoms with van der Waals surface area (Å²) in [5, 5.41) is 7.13. The predicted octanol–water partition coefficient (Wildman–Crippen LogP) is 4.93. The summed E-state index contributed by atoms with van der Waals surface area (Å²) in [6, 6.07) is 13.2. The minimum atomic E-state index is 1.35. The first-order chi connectivity index (χ1) is 7.95. The highest BCUT2D eigenvalue weighted by Crippen LogP contribution is 2.54. The van der Waals surface area contributed by atoms with Crippen molar-refractivity contribution in [1.29, 1.82) is 0 Å². The minimum absolute atomic E-state index is 1.35. The standard InChI is InChI=1S/C14H8S2/c1-3-9-4-2-6-11-12(9)10(5-1)13-14(11)16-8-7-15-13/h1-8H. The SMILES string of the molecule is C1=CSC2=C(S1)c1cccc3cccc2c13. The summed E-state index contributed by atoms with van der Waals surface area (Å²) < 4.78 is 0. The number of rotatable bonds is 0. The lowest BCUT2D eigenvalue weighted by Gasteiger charge is -2.08. The number of fused-ring (bicyclic) bond motifs is 2. The molecule has 0 atom stereocenters. The lowest BCUT2D eigenvalue weighted by Crippen LogP contribution is -1.78. The minimum Gasteiger partial charge on any atom is -0.0957 e. The van der Waals surface area contributed by atoms with Crippen LogP contribution in [0, 0.1) is 0 Å². The maximum absolute atomic E-state index is 2.24. The molecule has 0 saturated carbocycles. The van der Waals surface area contributed by atoms with Crippen LogP contribution in [0.15, 0.2) is 47.2 Å². The van der Waals surface area contributed by atoms with E-state index in [-0.39, 0.29) is 0 Å². The molecule has 0 saturated heterocycles. The molecular formula is C14H8S2. The smallest absolute Gasteiger partial charge is 0.0341 e. The van der Waals surface area contributed by atoms with E-state index in [1.807, 2.05) is 23.5 Å². The Balaban J connectivity index is 2.16. The van der Waals surface area contributed by atoms with Gasteiger partial charge in [0.25, 0.3) is 0 Å². The maximum Gasteiger partial charge on any atom is 0.0341 e. The molecule has 2 aliphatic rings. The molecule has 4 rings (SSSR count). The zero-order valence-electron chi connectivity index (χ0n) is 8.44. The molecule has 0 aromatic heterocycles. The van der Waals surface area contributed by atoms with Crippen molar-refractivity contribution >= 4 is 44.1 Å². The van der Waals surface area contributed by atoms with Gasteiger partial charge in [-0.05, 0) is 32.7 Å². The molecule has 0 amide bonds. The Bertz CT molecular complexity index is 613. The van der Waals surface area contributed by atoms with E-state index in [2.05, 4.69) is 47.2 Å². The summed E-state index contributed by atoms with van der Waals surface area (Å²) in [5.41, 5.74) is 2.81. The third kappa shape index (κ3) is 1.04. The highest BCUT2D eigenvalue weighted by Gasteiger charge is 2.24. The van der Waals surface area contributed by atoms with Gasteiger partial charge < -0.3 is 0 Å². The van der Waals surface area contributed by atoms with Gasteiger partial charge in [0.15, 0.2) is 0 Å². The van der Waals surface area contributed by atoms with Gasteiger partial charge in [-0.3, -0.25) is 0 Å². The first-order valence-electron chi connectivity index (χ1n) is 5.20. The quantitative estimate of drug-likeness (QED) is 0.640. The fourth-order valence-electron chi connectivity index (χ4n) is 2.39. The van der Waals surface area contributed by atoms with E-state index >= 15 is 0 Å². The third-order valence-corrected chi connectivity index (χ3v) is 5.19. The molecule has 0 radical (unpaired) electrons. The van der Waals surface area contributed by atoms with Crippen LogP contribution >= 0.6 is 23.5 Å². The third-order valence-electron chi connectivity index (χ3n) is 3.03. The van der Waals surface area contributed by atoms with Crippen molar-refractivity contribution in [1.82, 2.24) is 0 Å². The van der Waals surface area contributed by atoms with E-state index in [1.165, 1.54) is 31.7 Å². The topological polar surface area (TPSA) is 0 Å². The molecule has 76 valence electrons. The molecule has 1 aliphatic carbocycles. The van der Waals surface area contributed by atoms with Crippen molar-refractivity contribution in [2.75, 3.05) is 0 Å². The Kier molecular flexibility index (Phi) is 1.79. The van der Waals surface area contributed by atoms with Gasteiger partial charge in [-0.2, -0.15) is 0 Å². The van der Waals surface area contributed by atoms with Gasteiger partial charge in [0, 0.05) is 9.81 Å². The second-order valence-electron chi connectivity index (χ2n) is 3.88. The molecule has 2 aromatic carbocycles. The van der Waals surface area contributed by atoms with Crippen LogP contribution in [0.4, 0.5) is 0 Å². The van der Waals surface area contributed by atoms with Gasteiger partial charge in [-0.15, -0.1) is 0 Å². The lowest BCUT2D eigenvalue weighted by atomic mass is 10.0. The van der Waals surface area contributed by atoms with E-state index < -0.39 is 0 Å².